The molecule has 1 aromatic heterocycles. The van der Waals surface area contributed by atoms with Gasteiger partial charge >= 0.3 is 0 Å². The van der Waals surface area contributed by atoms with Crippen molar-refractivity contribution in [2.24, 2.45) is 11.7 Å². The molecule has 0 fully saturated rings. The molecule has 0 bridgehead atoms. The van der Waals surface area contributed by atoms with E-state index in [1.807, 2.05) is 0 Å². The van der Waals surface area contributed by atoms with E-state index in [1.54, 1.807) is 11.8 Å². The molecule has 1 aromatic rings. The Morgan fingerprint density at radius 2 is 2.22 bits per heavy atom. The minimum atomic E-state index is -0.508. The molecule has 1 heterocycles. The number of rotatable bonds is 8. The fourth-order valence-corrected chi connectivity index (χ4v) is 1.74. The average molecular weight is 254 g/mol. The first-order valence-corrected chi connectivity index (χ1v) is 6.27. The SMILES string of the molecule is COCCCn1nnc(C(N)=O)c1CCC(C)C. The van der Waals surface area contributed by atoms with E-state index in [9.17, 15) is 4.79 Å². The molecule has 6 heteroatoms. The van der Waals surface area contributed by atoms with Crippen molar-refractivity contribution < 1.29 is 9.53 Å². The molecule has 0 aliphatic carbocycles. The Balaban J connectivity index is 2.78. The number of ether oxygens (including phenoxy) is 1. The number of aromatic nitrogens is 3. The van der Waals surface area contributed by atoms with Crippen LogP contribution in [0.3, 0.4) is 0 Å². The highest BCUT2D eigenvalue weighted by atomic mass is 16.5. The first kappa shape index (κ1) is 14.6. The van der Waals surface area contributed by atoms with Crippen LogP contribution in [-0.4, -0.2) is 34.6 Å². The molecule has 0 atom stereocenters. The van der Waals surface area contributed by atoms with Crippen LogP contribution in [0.1, 0.15) is 42.9 Å². The maximum atomic E-state index is 11.3. The molecule has 0 spiro atoms. The normalized spacial score (nSPS) is 11.1. The number of nitrogens with zero attached hydrogens (tertiary/aromatic N) is 3. The predicted molar refractivity (Wildman–Crippen MR) is 68.2 cm³/mol. The monoisotopic (exact) mass is 254 g/mol. The van der Waals surface area contributed by atoms with Crippen molar-refractivity contribution in [3.05, 3.63) is 11.4 Å². The molecule has 6 nitrogen and oxygen atoms in total. The van der Waals surface area contributed by atoms with E-state index in [4.69, 9.17) is 10.5 Å². The molecule has 1 rings (SSSR count). The fourth-order valence-electron chi connectivity index (χ4n) is 1.74. The number of hydrogen-bond acceptors (Lipinski definition) is 4. The van der Waals surface area contributed by atoms with Gasteiger partial charge < -0.3 is 10.5 Å². The molecule has 0 aliphatic rings. The summed E-state index contributed by atoms with van der Waals surface area (Å²) in [6.45, 7) is 5.64. The lowest BCUT2D eigenvalue weighted by atomic mass is 10.1. The number of primary amides is 1. The molecule has 1 amide bonds. The summed E-state index contributed by atoms with van der Waals surface area (Å²) in [5, 5.41) is 7.87. The topological polar surface area (TPSA) is 83.0 Å². The molecule has 0 aromatic carbocycles. The van der Waals surface area contributed by atoms with Crippen LogP contribution < -0.4 is 5.73 Å². The Bertz CT molecular complexity index is 387. The van der Waals surface area contributed by atoms with E-state index in [-0.39, 0.29) is 0 Å². The van der Waals surface area contributed by atoms with Crippen LogP contribution in [0.15, 0.2) is 0 Å². The van der Waals surface area contributed by atoms with E-state index in [2.05, 4.69) is 24.2 Å². The second-order valence-electron chi connectivity index (χ2n) is 4.75. The molecular formula is C12H22N4O2. The van der Waals surface area contributed by atoms with Gasteiger partial charge in [0.05, 0.1) is 5.69 Å². The van der Waals surface area contributed by atoms with E-state index < -0.39 is 5.91 Å². The first-order valence-electron chi connectivity index (χ1n) is 6.27. The molecule has 0 unspecified atom stereocenters. The Kier molecular flexibility index (Phi) is 5.77. The summed E-state index contributed by atoms with van der Waals surface area (Å²) in [5.41, 5.74) is 6.45. The molecule has 0 radical (unpaired) electrons. The van der Waals surface area contributed by atoms with Gasteiger partial charge in [0.25, 0.3) is 5.91 Å². The van der Waals surface area contributed by atoms with Crippen molar-refractivity contribution in [2.45, 2.75) is 39.7 Å². The molecule has 102 valence electrons. The summed E-state index contributed by atoms with van der Waals surface area (Å²) in [6.07, 6.45) is 2.60. The largest absolute Gasteiger partial charge is 0.385 e. The maximum Gasteiger partial charge on any atom is 0.271 e. The number of methoxy groups -OCH3 is 1. The fraction of sp³-hybridized carbons (Fsp3) is 0.750. The van der Waals surface area contributed by atoms with Gasteiger partial charge in [-0.05, 0) is 25.2 Å². The van der Waals surface area contributed by atoms with E-state index in [1.165, 1.54) is 0 Å². The summed E-state index contributed by atoms with van der Waals surface area (Å²) in [6, 6.07) is 0. The van der Waals surface area contributed by atoms with Gasteiger partial charge in [-0.2, -0.15) is 0 Å². The Labute approximate surface area is 107 Å². The lowest BCUT2D eigenvalue weighted by molar-refractivity contribution is 0.0994. The van der Waals surface area contributed by atoms with Gasteiger partial charge in [0.15, 0.2) is 5.69 Å². The Morgan fingerprint density at radius 1 is 1.50 bits per heavy atom. The lowest BCUT2D eigenvalue weighted by Crippen LogP contribution is -2.16. The van der Waals surface area contributed by atoms with Crippen molar-refractivity contribution in [3.8, 4) is 0 Å². The van der Waals surface area contributed by atoms with Crippen molar-refractivity contribution >= 4 is 5.91 Å². The van der Waals surface area contributed by atoms with Crippen LogP contribution in [0.25, 0.3) is 0 Å². The molecule has 18 heavy (non-hydrogen) atoms. The zero-order valence-electron chi connectivity index (χ0n) is 11.3. The predicted octanol–water partition coefficient (Wildman–Crippen LogP) is 1.00. The van der Waals surface area contributed by atoms with Crippen LogP contribution >= 0.6 is 0 Å². The third kappa shape index (κ3) is 4.10. The zero-order valence-corrected chi connectivity index (χ0v) is 11.3. The molecule has 2 N–H and O–H groups in total. The lowest BCUT2D eigenvalue weighted by Gasteiger charge is -2.08. The van der Waals surface area contributed by atoms with Crippen LogP contribution in [0.2, 0.25) is 0 Å². The minimum Gasteiger partial charge on any atom is -0.385 e. The van der Waals surface area contributed by atoms with Crippen molar-refractivity contribution in [3.63, 3.8) is 0 Å². The molecular weight excluding hydrogens is 232 g/mol. The third-order valence-electron chi connectivity index (χ3n) is 2.75. The number of amides is 1. The average Bonchev–Trinajstić information content (AvgIpc) is 2.70. The van der Waals surface area contributed by atoms with Gasteiger partial charge in [0.1, 0.15) is 0 Å². The summed E-state index contributed by atoms with van der Waals surface area (Å²) >= 11 is 0. The van der Waals surface area contributed by atoms with Crippen molar-refractivity contribution in [1.29, 1.82) is 0 Å². The maximum absolute atomic E-state index is 11.3. The quantitative estimate of drug-likeness (QED) is 0.702. The number of hydrogen-bond donors (Lipinski definition) is 1. The molecule has 0 aliphatic heterocycles. The second-order valence-corrected chi connectivity index (χ2v) is 4.75. The van der Waals surface area contributed by atoms with Gasteiger partial charge in [0.2, 0.25) is 0 Å². The van der Waals surface area contributed by atoms with Gasteiger partial charge in [0, 0.05) is 20.3 Å². The van der Waals surface area contributed by atoms with Crippen LogP contribution in [0.5, 0.6) is 0 Å². The Hall–Kier alpha value is -1.43. The highest BCUT2D eigenvalue weighted by Crippen LogP contribution is 2.12. The standard InChI is InChI=1S/C12H22N4O2/c1-9(2)5-6-10-11(12(13)17)14-15-16(10)7-4-8-18-3/h9H,4-8H2,1-3H3,(H2,13,17). The summed E-state index contributed by atoms with van der Waals surface area (Å²) in [4.78, 5) is 11.3. The molecule has 0 saturated carbocycles. The third-order valence-corrected chi connectivity index (χ3v) is 2.75. The van der Waals surface area contributed by atoms with Crippen molar-refractivity contribution in [2.75, 3.05) is 13.7 Å². The van der Waals surface area contributed by atoms with E-state index in [0.717, 1.165) is 25.0 Å². The zero-order chi connectivity index (χ0) is 13.5. The van der Waals surface area contributed by atoms with Gasteiger partial charge in [-0.25, -0.2) is 4.68 Å². The highest BCUT2D eigenvalue weighted by molar-refractivity contribution is 5.91. The number of aryl methyl sites for hydroxylation is 1. The Morgan fingerprint density at radius 3 is 2.78 bits per heavy atom. The van der Waals surface area contributed by atoms with Gasteiger partial charge in [-0.15, -0.1) is 5.10 Å². The van der Waals surface area contributed by atoms with Crippen LogP contribution in [0, 0.1) is 5.92 Å². The molecule has 0 saturated heterocycles. The van der Waals surface area contributed by atoms with E-state index in [0.29, 0.717) is 24.8 Å². The number of carbonyl (C=O) groups excluding carboxylic acids is 1. The van der Waals surface area contributed by atoms with E-state index >= 15 is 0 Å². The summed E-state index contributed by atoms with van der Waals surface area (Å²) in [7, 11) is 1.66. The smallest absolute Gasteiger partial charge is 0.271 e. The van der Waals surface area contributed by atoms with Gasteiger partial charge in [-0.3, -0.25) is 4.79 Å². The second kappa shape index (κ2) is 7.10. The highest BCUT2D eigenvalue weighted by Gasteiger charge is 2.17. The number of carbonyl (C=O) groups is 1. The number of nitrogens with two attached hydrogens (primary N) is 1. The van der Waals surface area contributed by atoms with Crippen LogP contribution in [-0.2, 0) is 17.7 Å². The van der Waals surface area contributed by atoms with Gasteiger partial charge in [-0.1, -0.05) is 19.1 Å². The van der Waals surface area contributed by atoms with Crippen LogP contribution in [0.4, 0.5) is 0 Å². The van der Waals surface area contributed by atoms with Crippen molar-refractivity contribution in [1.82, 2.24) is 15.0 Å². The summed E-state index contributed by atoms with van der Waals surface area (Å²) < 4.78 is 6.77. The minimum absolute atomic E-state index is 0.299. The summed E-state index contributed by atoms with van der Waals surface area (Å²) in [5.74, 6) is 0.0554. The first-order chi connectivity index (χ1) is 8.56.